The predicted octanol–water partition coefficient (Wildman–Crippen LogP) is 0.967. The summed E-state index contributed by atoms with van der Waals surface area (Å²) in [5.74, 6) is 0.413. The zero-order valence-electron chi connectivity index (χ0n) is 13.3. The van der Waals surface area contributed by atoms with Crippen molar-refractivity contribution in [1.82, 2.24) is 24.7 Å². The van der Waals surface area contributed by atoms with Gasteiger partial charge in [0.2, 0.25) is 15.9 Å². The van der Waals surface area contributed by atoms with Crippen LogP contribution in [0.5, 0.6) is 5.88 Å². The molecular formula is C14H19N5O3S. The van der Waals surface area contributed by atoms with E-state index in [0.717, 1.165) is 5.69 Å². The van der Waals surface area contributed by atoms with Crippen molar-refractivity contribution in [3.05, 3.63) is 29.2 Å². The third-order valence-electron chi connectivity index (χ3n) is 3.83. The summed E-state index contributed by atoms with van der Waals surface area (Å²) in [6, 6.07) is 3.55. The van der Waals surface area contributed by atoms with E-state index in [0.29, 0.717) is 36.8 Å². The number of rotatable bonds is 4. The molecule has 0 amide bonds. The van der Waals surface area contributed by atoms with Crippen LogP contribution in [-0.4, -0.2) is 52.3 Å². The first kappa shape index (κ1) is 15.9. The maximum absolute atomic E-state index is 12.8. The highest BCUT2D eigenvalue weighted by atomic mass is 32.2. The molecule has 1 aliphatic heterocycles. The average molecular weight is 337 g/mol. The van der Waals surface area contributed by atoms with Crippen molar-refractivity contribution < 1.29 is 13.2 Å². The Morgan fingerprint density at radius 2 is 2.04 bits per heavy atom. The van der Waals surface area contributed by atoms with Gasteiger partial charge in [0.15, 0.2) is 0 Å². The molecule has 23 heavy (non-hydrogen) atoms. The van der Waals surface area contributed by atoms with E-state index in [9.17, 15) is 8.42 Å². The molecule has 0 spiro atoms. The van der Waals surface area contributed by atoms with Gasteiger partial charge in [-0.1, -0.05) is 0 Å². The number of H-pyrrole nitrogens is 1. The first-order valence-electron chi connectivity index (χ1n) is 7.36. The summed E-state index contributed by atoms with van der Waals surface area (Å²) >= 11 is 0. The third kappa shape index (κ3) is 3.06. The SMILES string of the molecule is Cc1ccc(OC2CCN(S(=O)(=O)c3c(C)n[nH]c3C)C2)nn1. The van der Waals surface area contributed by atoms with Crippen LogP contribution in [0.2, 0.25) is 0 Å². The zero-order valence-corrected chi connectivity index (χ0v) is 14.1. The molecule has 9 heteroatoms. The quantitative estimate of drug-likeness (QED) is 0.892. The molecule has 0 bridgehead atoms. The molecule has 8 nitrogen and oxygen atoms in total. The van der Waals surface area contributed by atoms with E-state index < -0.39 is 10.0 Å². The van der Waals surface area contributed by atoms with Crippen LogP contribution in [0.25, 0.3) is 0 Å². The van der Waals surface area contributed by atoms with Crippen LogP contribution in [0.1, 0.15) is 23.5 Å². The molecule has 0 aliphatic carbocycles. The Labute approximate surface area is 134 Å². The van der Waals surface area contributed by atoms with Gasteiger partial charge in [-0.05, 0) is 33.3 Å². The summed E-state index contributed by atoms with van der Waals surface area (Å²) in [4.78, 5) is 0.258. The smallest absolute Gasteiger partial charge is 0.246 e. The Balaban J connectivity index is 1.73. The summed E-state index contributed by atoms with van der Waals surface area (Å²) in [6.45, 7) is 5.94. The minimum Gasteiger partial charge on any atom is -0.472 e. The number of aromatic amines is 1. The van der Waals surface area contributed by atoms with Crippen LogP contribution < -0.4 is 4.74 Å². The van der Waals surface area contributed by atoms with Gasteiger partial charge in [-0.25, -0.2) is 8.42 Å². The second-order valence-corrected chi connectivity index (χ2v) is 7.54. The van der Waals surface area contributed by atoms with Gasteiger partial charge in [0, 0.05) is 12.6 Å². The lowest BCUT2D eigenvalue weighted by atomic mass is 10.3. The highest BCUT2D eigenvalue weighted by Gasteiger charge is 2.36. The van der Waals surface area contributed by atoms with Crippen LogP contribution in [0, 0.1) is 20.8 Å². The standard InChI is InChI=1S/C14H19N5O3S/c1-9-4-5-13(18-15-9)22-12-6-7-19(8-12)23(20,21)14-10(2)16-17-11(14)3/h4-5,12H,6-8H2,1-3H3,(H,16,17). The van der Waals surface area contributed by atoms with E-state index in [1.54, 1.807) is 19.9 Å². The highest BCUT2D eigenvalue weighted by Crippen LogP contribution is 2.26. The minimum absolute atomic E-state index is 0.228. The molecule has 124 valence electrons. The number of nitrogens with zero attached hydrogens (tertiary/aromatic N) is 4. The molecular weight excluding hydrogens is 318 g/mol. The maximum atomic E-state index is 12.8. The van der Waals surface area contributed by atoms with E-state index in [1.807, 2.05) is 13.0 Å². The first-order chi connectivity index (χ1) is 10.9. The lowest BCUT2D eigenvalue weighted by Gasteiger charge is -2.17. The van der Waals surface area contributed by atoms with Gasteiger partial charge in [-0.2, -0.15) is 14.5 Å². The van der Waals surface area contributed by atoms with Gasteiger partial charge >= 0.3 is 0 Å². The summed E-state index contributed by atoms with van der Waals surface area (Å²) in [7, 11) is -3.57. The minimum atomic E-state index is -3.57. The van der Waals surface area contributed by atoms with Crippen LogP contribution in [0.15, 0.2) is 17.0 Å². The second kappa shape index (κ2) is 5.89. The van der Waals surface area contributed by atoms with Crippen molar-refractivity contribution in [1.29, 1.82) is 0 Å². The fourth-order valence-electron chi connectivity index (χ4n) is 2.68. The van der Waals surface area contributed by atoms with Crippen LogP contribution in [-0.2, 0) is 10.0 Å². The lowest BCUT2D eigenvalue weighted by Crippen LogP contribution is -2.31. The van der Waals surface area contributed by atoms with Crippen molar-refractivity contribution in [2.45, 2.75) is 38.2 Å². The predicted molar refractivity (Wildman–Crippen MR) is 82.6 cm³/mol. The largest absolute Gasteiger partial charge is 0.472 e. The van der Waals surface area contributed by atoms with E-state index in [4.69, 9.17) is 4.74 Å². The molecule has 2 aromatic rings. The number of nitrogens with one attached hydrogen (secondary N) is 1. The van der Waals surface area contributed by atoms with Crippen LogP contribution >= 0.6 is 0 Å². The molecule has 1 aliphatic rings. The van der Waals surface area contributed by atoms with Crippen molar-refractivity contribution in [2.24, 2.45) is 0 Å². The number of hydrogen-bond donors (Lipinski definition) is 1. The Bertz CT molecular complexity index is 781. The molecule has 1 fully saturated rings. The van der Waals surface area contributed by atoms with E-state index in [2.05, 4.69) is 20.4 Å². The molecule has 0 radical (unpaired) electrons. The Kier molecular flexibility index (Phi) is 4.07. The van der Waals surface area contributed by atoms with E-state index in [-0.39, 0.29) is 11.0 Å². The molecule has 1 atom stereocenters. The number of aryl methyl sites for hydroxylation is 3. The third-order valence-corrected chi connectivity index (χ3v) is 5.96. The first-order valence-corrected chi connectivity index (χ1v) is 8.80. The number of aromatic nitrogens is 4. The van der Waals surface area contributed by atoms with Gasteiger partial charge < -0.3 is 4.74 Å². The van der Waals surface area contributed by atoms with Gasteiger partial charge in [0.1, 0.15) is 11.0 Å². The summed E-state index contributed by atoms with van der Waals surface area (Å²) in [5.41, 5.74) is 1.84. The van der Waals surface area contributed by atoms with Gasteiger partial charge in [0.05, 0.1) is 23.6 Å². The second-order valence-electron chi connectivity index (χ2n) is 5.67. The van der Waals surface area contributed by atoms with Crippen molar-refractivity contribution in [2.75, 3.05) is 13.1 Å². The molecule has 1 saturated heterocycles. The molecule has 2 aromatic heterocycles. The van der Waals surface area contributed by atoms with Gasteiger partial charge in [-0.3, -0.25) is 5.10 Å². The Morgan fingerprint density at radius 1 is 1.26 bits per heavy atom. The van der Waals surface area contributed by atoms with Crippen molar-refractivity contribution in [3.8, 4) is 5.88 Å². The monoisotopic (exact) mass is 337 g/mol. The molecule has 3 rings (SSSR count). The average Bonchev–Trinajstić information content (AvgIpc) is 3.09. The van der Waals surface area contributed by atoms with Crippen molar-refractivity contribution >= 4 is 10.0 Å². The maximum Gasteiger partial charge on any atom is 0.246 e. The fourth-order valence-corrected chi connectivity index (χ4v) is 4.50. The van der Waals surface area contributed by atoms with E-state index >= 15 is 0 Å². The summed E-state index contributed by atoms with van der Waals surface area (Å²) < 4.78 is 32.7. The van der Waals surface area contributed by atoms with E-state index in [1.165, 1.54) is 4.31 Å². The van der Waals surface area contributed by atoms with Crippen LogP contribution in [0.4, 0.5) is 0 Å². The van der Waals surface area contributed by atoms with Gasteiger partial charge in [0.25, 0.3) is 0 Å². The fraction of sp³-hybridized carbons (Fsp3) is 0.500. The Morgan fingerprint density at radius 3 is 2.65 bits per heavy atom. The number of ether oxygens (including phenoxy) is 1. The molecule has 0 aromatic carbocycles. The highest BCUT2D eigenvalue weighted by molar-refractivity contribution is 7.89. The topological polar surface area (TPSA) is 101 Å². The number of sulfonamides is 1. The summed E-state index contributed by atoms with van der Waals surface area (Å²) in [6.07, 6.45) is 0.388. The zero-order chi connectivity index (χ0) is 16.6. The van der Waals surface area contributed by atoms with Crippen molar-refractivity contribution in [3.63, 3.8) is 0 Å². The normalized spacial score (nSPS) is 19.2. The molecule has 1 N–H and O–H groups in total. The van der Waals surface area contributed by atoms with Crippen LogP contribution in [0.3, 0.4) is 0 Å². The molecule has 3 heterocycles. The van der Waals surface area contributed by atoms with Gasteiger partial charge in [-0.15, -0.1) is 5.10 Å². The molecule has 0 saturated carbocycles. The summed E-state index contributed by atoms with van der Waals surface area (Å²) in [5, 5.41) is 14.6. The lowest BCUT2D eigenvalue weighted by molar-refractivity contribution is 0.204. The molecule has 1 unspecified atom stereocenters. The Hall–Kier alpha value is -2.00. The number of hydrogen-bond acceptors (Lipinski definition) is 6.